The number of nitrogens with zero attached hydrogens (tertiary/aromatic N) is 4. The van der Waals surface area contributed by atoms with Crippen molar-refractivity contribution in [3.05, 3.63) is 125 Å². The third-order valence-electron chi connectivity index (χ3n) is 7.39. The molecule has 1 aliphatic rings. The maximum absolute atomic E-state index is 14.1. The highest BCUT2D eigenvalue weighted by Crippen LogP contribution is 2.39. The van der Waals surface area contributed by atoms with Gasteiger partial charge in [-0.2, -0.15) is 5.10 Å². The van der Waals surface area contributed by atoms with Crippen LogP contribution in [-0.2, 0) is 13.0 Å². The summed E-state index contributed by atoms with van der Waals surface area (Å²) >= 11 is 0. The van der Waals surface area contributed by atoms with E-state index < -0.39 is 0 Å². The van der Waals surface area contributed by atoms with Crippen molar-refractivity contribution in [2.45, 2.75) is 32.9 Å². The van der Waals surface area contributed by atoms with Crippen molar-refractivity contribution >= 4 is 11.7 Å². The third kappa shape index (κ3) is 4.46. The number of para-hydroxylation sites is 1. The molecule has 0 bridgehead atoms. The summed E-state index contributed by atoms with van der Waals surface area (Å²) in [6.45, 7) is 4.56. The summed E-state index contributed by atoms with van der Waals surface area (Å²) in [6.07, 6.45) is 3.02. The molecule has 39 heavy (non-hydrogen) atoms. The molecule has 0 saturated carbocycles. The number of benzene rings is 3. The topological polar surface area (TPSA) is 64.3 Å². The van der Waals surface area contributed by atoms with Crippen molar-refractivity contribution in [2.75, 3.05) is 12.4 Å². The Hall–Kier alpha value is -4.78. The second-order valence-corrected chi connectivity index (χ2v) is 9.72. The quantitative estimate of drug-likeness (QED) is 0.283. The second-order valence-electron chi connectivity index (χ2n) is 9.72. The zero-order valence-electron chi connectivity index (χ0n) is 22.3. The van der Waals surface area contributed by atoms with Crippen LogP contribution in [0.4, 0.5) is 10.5 Å². The van der Waals surface area contributed by atoms with Crippen LogP contribution in [0.25, 0.3) is 11.5 Å². The summed E-state index contributed by atoms with van der Waals surface area (Å²) in [4.78, 5) is 16.0. The van der Waals surface area contributed by atoms with Crippen molar-refractivity contribution < 1.29 is 9.53 Å². The van der Waals surface area contributed by atoms with Gasteiger partial charge in [0.1, 0.15) is 11.6 Å². The molecule has 0 radical (unpaired) electrons. The summed E-state index contributed by atoms with van der Waals surface area (Å²) < 4.78 is 9.45. The Balaban J connectivity index is 1.50. The first-order valence-electron chi connectivity index (χ1n) is 13.2. The van der Waals surface area contributed by atoms with Crippen molar-refractivity contribution in [3.8, 4) is 17.3 Å². The number of anilines is 1. The standard InChI is InChI=1S/C32H31N5O2/c1-4-23-12-14-24(15-13-23)30-29-11-8-20-35(29)31-28(22(2)34-37(31)26-9-6-5-7-10-26)21-36(30)32(38)33-25-16-18-27(39-3)19-17-25/h5-20,30H,4,21H2,1-3H3,(H,33,38)/t30-/m1/s1. The van der Waals surface area contributed by atoms with E-state index in [-0.39, 0.29) is 12.1 Å². The van der Waals surface area contributed by atoms with E-state index in [1.165, 1.54) is 5.56 Å². The molecule has 1 aliphatic heterocycles. The molecule has 3 aromatic carbocycles. The number of methoxy groups -OCH3 is 1. The molecule has 2 amide bonds. The monoisotopic (exact) mass is 517 g/mol. The van der Waals surface area contributed by atoms with Crippen LogP contribution in [-0.4, -0.2) is 32.4 Å². The molecule has 2 aromatic heterocycles. The van der Waals surface area contributed by atoms with E-state index in [2.05, 4.69) is 65.5 Å². The highest BCUT2D eigenvalue weighted by Gasteiger charge is 2.36. The number of aromatic nitrogens is 3. The molecule has 1 N–H and O–H groups in total. The summed E-state index contributed by atoms with van der Waals surface area (Å²) in [5.74, 6) is 1.69. The average molecular weight is 518 g/mol. The fourth-order valence-corrected chi connectivity index (χ4v) is 5.31. The zero-order chi connectivity index (χ0) is 26.9. The maximum Gasteiger partial charge on any atom is 0.322 e. The lowest BCUT2D eigenvalue weighted by Crippen LogP contribution is -2.38. The van der Waals surface area contributed by atoms with E-state index in [9.17, 15) is 4.79 Å². The fraction of sp³-hybridized carbons (Fsp3) is 0.188. The Labute approximate surface area is 228 Å². The molecule has 0 spiro atoms. The highest BCUT2D eigenvalue weighted by molar-refractivity contribution is 5.90. The van der Waals surface area contributed by atoms with Gasteiger partial charge in [0.2, 0.25) is 0 Å². The first-order valence-corrected chi connectivity index (χ1v) is 13.2. The normalized spacial score (nSPS) is 14.3. The number of aryl methyl sites for hydroxylation is 2. The number of amides is 2. The van der Waals surface area contributed by atoms with E-state index in [4.69, 9.17) is 9.84 Å². The van der Waals surface area contributed by atoms with Gasteiger partial charge in [0.05, 0.1) is 36.8 Å². The smallest absolute Gasteiger partial charge is 0.322 e. The van der Waals surface area contributed by atoms with Crippen LogP contribution in [0, 0.1) is 6.92 Å². The number of hydrogen-bond donors (Lipinski definition) is 1. The van der Waals surface area contributed by atoms with Crippen molar-refractivity contribution in [1.82, 2.24) is 19.2 Å². The Kier molecular flexibility index (Phi) is 6.40. The molecule has 196 valence electrons. The number of carbonyl (C=O) groups excluding carboxylic acids is 1. The van der Waals surface area contributed by atoms with E-state index in [0.717, 1.165) is 46.2 Å². The van der Waals surface area contributed by atoms with Gasteiger partial charge in [-0.3, -0.25) is 0 Å². The predicted octanol–water partition coefficient (Wildman–Crippen LogP) is 6.68. The van der Waals surface area contributed by atoms with E-state index in [1.54, 1.807) is 7.11 Å². The average Bonchev–Trinajstić information content (AvgIpc) is 3.54. The number of rotatable bonds is 5. The molecule has 3 heterocycles. The molecule has 5 aromatic rings. The number of nitrogens with one attached hydrogen (secondary N) is 1. The molecule has 0 aliphatic carbocycles. The minimum atomic E-state index is -0.305. The van der Waals surface area contributed by atoms with Gasteiger partial charge in [0.25, 0.3) is 0 Å². The largest absolute Gasteiger partial charge is 0.497 e. The molecule has 0 saturated heterocycles. The number of hydrogen-bond acceptors (Lipinski definition) is 3. The molecule has 6 rings (SSSR count). The van der Waals surface area contributed by atoms with Crippen LogP contribution < -0.4 is 10.1 Å². The number of fused-ring (bicyclic) bond motifs is 3. The number of ether oxygens (including phenoxy) is 1. The maximum atomic E-state index is 14.1. The van der Waals surface area contributed by atoms with Gasteiger partial charge in [-0.1, -0.05) is 49.4 Å². The van der Waals surface area contributed by atoms with Gasteiger partial charge in [-0.05, 0) is 73.0 Å². The zero-order valence-corrected chi connectivity index (χ0v) is 22.3. The summed E-state index contributed by atoms with van der Waals surface area (Å²) in [5.41, 5.74) is 6.89. The SMILES string of the molecule is CCc1ccc([C@@H]2c3cccn3-c3c(c(C)nn3-c3ccccc3)CN2C(=O)Nc2ccc(OC)cc2)cc1. The van der Waals surface area contributed by atoms with Crippen molar-refractivity contribution in [3.63, 3.8) is 0 Å². The molecule has 0 fully saturated rings. The lowest BCUT2D eigenvalue weighted by Gasteiger charge is -2.31. The number of carbonyl (C=O) groups is 1. The van der Waals surface area contributed by atoms with Crippen molar-refractivity contribution in [1.29, 1.82) is 0 Å². The van der Waals surface area contributed by atoms with Crippen LogP contribution in [0.15, 0.2) is 97.2 Å². The van der Waals surface area contributed by atoms with Gasteiger partial charge in [-0.15, -0.1) is 0 Å². The fourth-order valence-electron chi connectivity index (χ4n) is 5.31. The summed E-state index contributed by atoms with van der Waals surface area (Å²) in [7, 11) is 1.63. The van der Waals surface area contributed by atoms with Crippen LogP contribution in [0.3, 0.4) is 0 Å². The van der Waals surface area contributed by atoms with Crippen molar-refractivity contribution in [2.24, 2.45) is 0 Å². The highest BCUT2D eigenvalue weighted by atomic mass is 16.5. The first kappa shape index (κ1) is 24.6. The molecular formula is C32H31N5O2. The minimum absolute atomic E-state index is 0.183. The Morgan fingerprint density at radius 3 is 2.41 bits per heavy atom. The Morgan fingerprint density at radius 2 is 1.72 bits per heavy atom. The first-order chi connectivity index (χ1) is 19.1. The van der Waals surface area contributed by atoms with Crippen LogP contribution in [0.2, 0.25) is 0 Å². The molecule has 1 atom stereocenters. The van der Waals surface area contributed by atoms with Crippen LogP contribution in [0.5, 0.6) is 5.75 Å². The van der Waals surface area contributed by atoms with Gasteiger partial charge in [0.15, 0.2) is 0 Å². The van der Waals surface area contributed by atoms with Gasteiger partial charge < -0.3 is 19.5 Å². The number of urea groups is 1. The third-order valence-corrected chi connectivity index (χ3v) is 7.39. The second kappa shape index (κ2) is 10.2. The molecule has 7 heteroatoms. The Bertz CT molecular complexity index is 1600. The molecule has 0 unspecified atom stereocenters. The molecular weight excluding hydrogens is 486 g/mol. The lowest BCUT2D eigenvalue weighted by molar-refractivity contribution is 0.194. The minimum Gasteiger partial charge on any atom is -0.497 e. The summed E-state index contributed by atoms with van der Waals surface area (Å²) in [6, 6.07) is 29.7. The van der Waals surface area contributed by atoms with Gasteiger partial charge >= 0.3 is 6.03 Å². The van der Waals surface area contributed by atoms with Gasteiger partial charge in [0, 0.05) is 17.4 Å². The Morgan fingerprint density at radius 1 is 0.974 bits per heavy atom. The molecule has 7 nitrogen and oxygen atoms in total. The van der Waals surface area contributed by atoms with E-state index >= 15 is 0 Å². The predicted molar refractivity (Wildman–Crippen MR) is 153 cm³/mol. The van der Waals surface area contributed by atoms with Crippen LogP contribution >= 0.6 is 0 Å². The van der Waals surface area contributed by atoms with Crippen LogP contribution in [0.1, 0.15) is 41.0 Å². The van der Waals surface area contributed by atoms with E-state index in [1.807, 2.05) is 65.0 Å². The van der Waals surface area contributed by atoms with E-state index in [0.29, 0.717) is 12.2 Å². The van der Waals surface area contributed by atoms with Gasteiger partial charge in [-0.25, -0.2) is 9.48 Å². The summed E-state index contributed by atoms with van der Waals surface area (Å²) in [5, 5.41) is 8.04. The lowest BCUT2D eigenvalue weighted by atomic mass is 9.99.